The van der Waals surface area contributed by atoms with Crippen molar-refractivity contribution in [2.45, 2.75) is 18.9 Å². The number of pyridine rings is 1. The van der Waals surface area contributed by atoms with E-state index in [1.165, 1.54) is 6.33 Å². The summed E-state index contributed by atoms with van der Waals surface area (Å²) < 4.78 is 1.63. The van der Waals surface area contributed by atoms with Gasteiger partial charge in [-0.25, -0.2) is 9.50 Å². The Hall–Kier alpha value is -3.00. The van der Waals surface area contributed by atoms with Crippen LogP contribution in [-0.4, -0.2) is 43.2 Å². The molecule has 3 aromatic heterocycles. The number of carbonyl (C=O) groups excluding carboxylic acids is 1. The number of carbonyl (C=O) groups is 1. The summed E-state index contributed by atoms with van der Waals surface area (Å²) in [5.41, 5.74) is 8.57. The molecule has 0 unspecified atom stereocenters. The number of nitrogen functional groups attached to an aromatic ring is 1. The minimum atomic E-state index is -0.208. The van der Waals surface area contributed by atoms with E-state index < -0.39 is 0 Å². The molecule has 4 N–H and O–H groups in total. The number of aliphatic hydroxyl groups excluding tert-OH is 1. The second kappa shape index (κ2) is 6.14. The van der Waals surface area contributed by atoms with Gasteiger partial charge in [-0.2, -0.15) is 5.10 Å². The second-order valence-corrected chi connectivity index (χ2v) is 6.28. The summed E-state index contributed by atoms with van der Waals surface area (Å²) in [4.78, 5) is 20.8. The third kappa shape index (κ3) is 2.70. The predicted molar refractivity (Wildman–Crippen MR) is 91.7 cm³/mol. The lowest BCUT2D eigenvalue weighted by molar-refractivity contribution is 0.0834. The highest BCUT2D eigenvalue weighted by atomic mass is 16.3. The van der Waals surface area contributed by atoms with Crippen molar-refractivity contribution in [3.63, 3.8) is 0 Å². The number of aliphatic hydroxyl groups is 1. The van der Waals surface area contributed by atoms with E-state index in [9.17, 15) is 4.79 Å². The predicted octanol–water partition coefficient (Wildman–Crippen LogP) is 0.874. The number of fused-ring (bicyclic) bond motifs is 1. The van der Waals surface area contributed by atoms with Crippen LogP contribution in [0.2, 0.25) is 0 Å². The fraction of sp³-hybridized carbons (Fsp3) is 0.294. The summed E-state index contributed by atoms with van der Waals surface area (Å²) in [5, 5.41) is 16.4. The van der Waals surface area contributed by atoms with Crippen LogP contribution in [-0.2, 0) is 0 Å². The van der Waals surface area contributed by atoms with Gasteiger partial charge in [0.15, 0.2) is 5.82 Å². The molecule has 1 aliphatic carbocycles. The molecule has 1 amide bonds. The molecule has 3 aromatic rings. The molecule has 1 fully saturated rings. The van der Waals surface area contributed by atoms with E-state index >= 15 is 0 Å². The maximum absolute atomic E-state index is 12.7. The van der Waals surface area contributed by atoms with Gasteiger partial charge in [-0.1, -0.05) is 0 Å². The molecule has 0 atom stereocenters. The van der Waals surface area contributed by atoms with E-state index in [1.54, 1.807) is 23.0 Å². The zero-order chi connectivity index (χ0) is 17.4. The van der Waals surface area contributed by atoms with E-state index in [-0.39, 0.29) is 30.3 Å². The summed E-state index contributed by atoms with van der Waals surface area (Å²) >= 11 is 0. The minimum absolute atomic E-state index is 0.0785. The first-order chi connectivity index (χ1) is 12.2. The molecule has 4 rings (SSSR count). The van der Waals surface area contributed by atoms with Gasteiger partial charge in [0.1, 0.15) is 11.8 Å². The van der Waals surface area contributed by atoms with Gasteiger partial charge in [0.05, 0.1) is 11.3 Å². The molecule has 25 heavy (non-hydrogen) atoms. The third-order valence-electron chi connectivity index (χ3n) is 4.63. The van der Waals surface area contributed by atoms with Gasteiger partial charge in [0, 0.05) is 30.6 Å². The molecule has 0 bridgehead atoms. The van der Waals surface area contributed by atoms with E-state index in [1.807, 2.05) is 12.1 Å². The zero-order valence-corrected chi connectivity index (χ0v) is 13.5. The van der Waals surface area contributed by atoms with Gasteiger partial charge < -0.3 is 16.2 Å². The molecule has 1 aliphatic rings. The molecule has 8 nitrogen and oxygen atoms in total. The van der Waals surface area contributed by atoms with Gasteiger partial charge in [-0.3, -0.25) is 9.78 Å². The molecule has 1 saturated carbocycles. The van der Waals surface area contributed by atoms with Gasteiger partial charge in [-0.15, -0.1) is 0 Å². The fourth-order valence-electron chi connectivity index (χ4n) is 3.24. The molecule has 8 heteroatoms. The Kier molecular flexibility index (Phi) is 3.81. The SMILES string of the molecule is Nc1ncnn2c(-c3ccncc3)cc(C(=O)N[C@H]3C[C@@H](CO)C3)c12. The summed E-state index contributed by atoms with van der Waals surface area (Å²) in [6, 6.07) is 5.54. The van der Waals surface area contributed by atoms with Gasteiger partial charge in [-0.05, 0) is 37.0 Å². The zero-order valence-electron chi connectivity index (χ0n) is 13.5. The first-order valence-corrected chi connectivity index (χ1v) is 8.11. The van der Waals surface area contributed by atoms with Crippen LogP contribution in [0.15, 0.2) is 36.9 Å². The summed E-state index contributed by atoms with van der Waals surface area (Å²) in [6.45, 7) is 0.161. The molecule has 0 radical (unpaired) electrons. The van der Waals surface area contributed by atoms with Crippen molar-refractivity contribution in [3.05, 3.63) is 42.5 Å². The Balaban J connectivity index is 1.73. The number of nitrogens with zero attached hydrogens (tertiary/aromatic N) is 4. The highest BCUT2D eigenvalue weighted by Gasteiger charge is 2.31. The Labute approximate surface area is 143 Å². The number of hydrogen-bond donors (Lipinski definition) is 3. The smallest absolute Gasteiger partial charge is 0.253 e. The lowest BCUT2D eigenvalue weighted by Gasteiger charge is -2.34. The lowest BCUT2D eigenvalue weighted by Crippen LogP contribution is -2.45. The summed E-state index contributed by atoms with van der Waals surface area (Å²) in [6.07, 6.45) is 6.31. The molecule has 0 spiro atoms. The topological polar surface area (TPSA) is 118 Å². The van der Waals surface area contributed by atoms with Crippen molar-refractivity contribution in [2.24, 2.45) is 5.92 Å². The fourth-order valence-corrected chi connectivity index (χ4v) is 3.24. The van der Waals surface area contributed by atoms with Crippen LogP contribution < -0.4 is 11.1 Å². The molecular weight excluding hydrogens is 320 g/mol. The average Bonchev–Trinajstić information content (AvgIpc) is 2.99. The lowest BCUT2D eigenvalue weighted by atomic mass is 9.81. The molecule has 0 aromatic carbocycles. The standard InChI is InChI=1S/C17H18N6O2/c18-16-15-13(17(25)22-12-5-10(6-12)8-24)7-14(23(15)21-9-20-16)11-1-3-19-4-2-11/h1-4,7,9-10,12,24H,5-6,8H2,(H,22,25)(H2,18,20,21)/t10-,12+. The minimum Gasteiger partial charge on any atom is -0.396 e. The summed E-state index contributed by atoms with van der Waals surface area (Å²) in [5.74, 6) is 0.319. The van der Waals surface area contributed by atoms with Crippen LogP contribution in [0.3, 0.4) is 0 Å². The first kappa shape index (κ1) is 15.5. The maximum Gasteiger partial charge on any atom is 0.253 e. The van der Waals surface area contributed by atoms with Crippen molar-refractivity contribution in [3.8, 4) is 11.3 Å². The molecule has 128 valence electrons. The van der Waals surface area contributed by atoms with Crippen molar-refractivity contribution < 1.29 is 9.90 Å². The number of rotatable bonds is 4. The summed E-state index contributed by atoms with van der Waals surface area (Å²) in [7, 11) is 0. The average molecular weight is 338 g/mol. The quantitative estimate of drug-likeness (QED) is 0.650. The number of aromatic nitrogens is 4. The normalized spacial score (nSPS) is 19.6. The molecule has 0 saturated heterocycles. The molecular formula is C17H18N6O2. The van der Waals surface area contributed by atoms with Crippen LogP contribution in [0.4, 0.5) is 5.82 Å². The Bertz CT molecular complexity index is 918. The van der Waals surface area contributed by atoms with Crippen molar-refractivity contribution in [1.29, 1.82) is 0 Å². The maximum atomic E-state index is 12.7. The number of nitrogens with two attached hydrogens (primary N) is 1. The molecule has 3 heterocycles. The van der Waals surface area contributed by atoms with Crippen LogP contribution in [0.1, 0.15) is 23.2 Å². The van der Waals surface area contributed by atoms with E-state index in [4.69, 9.17) is 10.8 Å². The first-order valence-electron chi connectivity index (χ1n) is 8.11. The Morgan fingerprint density at radius 3 is 2.84 bits per heavy atom. The molecule has 0 aliphatic heterocycles. The van der Waals surface area contributed by atoms with Crippen molar-refractivity contribution >= 4 is 17.2 Å². The van der Waals surface area contributed by atoms with E-state index in [0.29, 0.717) is 11.1 Å². The Morgan fingerprint density at radius 1 is 1.36 bits per heavy atom. The number of nitrogens with one attached hydrogen (secondary N) is 1. The van der Waals surface area contributed by atoms with Crippen LogP contribution in [0.5, 0.6) is 0 Å². The largest absolute Gasteiger partial charge is 0.396 e. The third-order valence-corrected chi connectivity index (χ3v) is 4.63. The van der Waals surface area contributed by atoms with E-state index in [2.05, 4.69) is 20.4 Å². The van der Waals surface area contributed by atoms with Crippen LogP contribution >= 0.6 is 0 Å². The number of amides is 1. The van der Waals surface area contributed by atoms with Crippen molar-refractivity contribution in [1.82, 2.24) is 24.9 Å². The number of hydrogen-bond acceptors (Lipinski definition) is 6. The van der Waals surface area contributed by atoms with Crippen LogP contribution in [0.25, 0.3) is 16.8 Å². The monoisotopic (exact) mass is 338 g/mol. The number of anilines is 1. The van der Waals surface area contributed by atoms with Gasteiger partial charge in [0.2, 0.25) is 0 Å². The van der Waals surface area contributed by atoms with Crippen LogP contribution in [0, 0.1) is 5.92 Å². The van der Waals surface area contributed by atoms with Gasteiger partial charge >= 0.3 is 0 Å². The Morgan fingerprint density at radius 2 is 2.12 bits per heavy atom. The van der Waals surface area contributed by atoms with Gasteiger partial charge in [0.25, 0.3) is 5.91 Å². The van der Waals surface area contributed by atoms with E-state index in [0.717, 1.165) is 24.1 Å². The highest BCUT2D eigenvalue weighted by molar-refractivity contribution is 6.05. The second-order valence-electron chi connectivity index (χ2n) is 6.28. The highest BCUT2D eigenvalue weighted by Crippen LogP contribution is 2.30. The van der Waals surface area contributed by atoms with Crippen molar-refractivity contribution in [2.75, 3.05) is 12.3 Å².